The van der Waals surface area contributed by atoms with Crippen molar-refractivity contribution in [3.63, 3.8) is 0 Å². The molecular formula is C25H33Cl2N5OS. The van der Waals surface area contributed by atoms with Crippen LogP contribution in [0.2, 0.25) is 10.0 Å². The number of carbonyl (C=O) groups is 1. The molecule has 5 rings (SSSR count). The smallest absolute Gasteiger partial charge is 0.321 e. The van der Waals surface area contributed by atoms with E-state index in [1.807, 2.05) is 22.4 Å². The largest absolute Gasteiger partial charge is 0.322 e. The number of halogens is 2. The number of aromatic nitrogens is 1. The maximum absolute atomic E-state index is 12.6. The number of nitrogens with one attached hydrogen (secondary N) is 1. The molecular weight excluding hydrogens is 489 g/mol. The quantitative estimate of drug-likeness (QED) is 0.552. The summed E-state index contributed by atoms with van der Waals surface area (Å²) in [5, 5.41) is 7.31. The van der Waals surface area contributed by atoms with E-state index >= 15 is 0 Å². The van der Waals surface area contributed by atoms with Crippen molar-refractivity contribution in [1.82, 2.24) is 19.7 Å². The fraction of sp³-hybridized carbons (Fsp3) is 0.600. The Morgan fingerprint density at radius 1 is 1.03 bits per heavy atom. The number of urea groups is 1. The normalized spacial score (nSPS) is 26.6. The molecule has 1 saturated carbocycles. The van der Waals surface area contributed by atoms with E-state index in [9.17, 15) is 4.79 Å². The van der Waals surface area contributed by atoms with E-state index < -0.39 is 0 Å². The molecule has 3 heterocycles. The van der Waals surface area contributed by atoms with E-state index in [1.165, 1.54) is 50.2 Å². The third kappa shape index (κ3) is 5.88. The molecule has 34 heavy (non-hydrogen) atoms. The van der Waals surface area contributed by atoms with Gasteiger partial charge in [0.05, 0.1) is 15.1 Å². The number of benzene rings is 1. The van der Waals surface area contributed by atoms with E-state index in [4.69, 9.17) is 23.2 Å². The summed E-state index contributed by atoms with van der Waals surface area (Å²) in [6.45, 7) is 6.99. The first kappa shape index (κ1) is 24.3. The highest BCUT2D eigenvalue weighted by Gasteiger charge is 2.33. The number of rotatable bonds is 5. The van der Waals surface area contributed by atoms with E-state index in [-0.39, 0.29) is 6.03 Å². The zero-order valence-corrected chi connectivity index (χ0v) is 21.8. The van der Waals surface area contributed by atoms with Crippen LogP contribution in [0.1, 0.15) is 43.0 Å². The van der Waals surface area contributed by atoms with Gasteiger partial charge >= 0.3 is 6.03 Å². The van der Waals surface area contributed by atoms with Crippen LogP contribution in [0.4, 0.5) is 10.5 Å². The standard InChI is InChI=1S/C25H33Cl2N5OS/c26-22-6-3-20(15-23(22)27)29-25(33)31-12-10-30(11-13-31)16-18-7-9-32(17-18)21-4-1-19(2-5-21)24-28-8-14-34-24/h3,6,8,14-15,18-19,21H,1-2,4-5,7,9-13,16-17H2,(H,29,33). The van der Waals surface area contributed by atoms with E-state index in [1.54, 1.807) is 18.2 Å². The zero-order valence-electron chi connectivity index (χ0n) is 19.5. The van der Waals surface area contributed by atoms with Gasteiger partial charge in [-0.3, -0.25) is 4.90 Å². The molecule has 184 valence electrons. The molecule has 1 atom stereocenters. The van der Waals surface area contributed by atoms with Crippen molar-refractivity contribution in [2.75, 3.05) is 51.1 Å². The van der Waals surface area contributed by atoms with Gasteiger partial charge in [-0.05, 0) is 62.8 Å². The molecule has 3 aliphatic rings. The predicted molar refractivity (Wildman–Crippen MR) is 140 cm³/mol. The summed E-state index contributed by atoms with van der Waals surface area (Å²) in [5.74, 6) is 1.42. The number of piperazine rings is 1. The van der Waals surface area contributed by atoms with Crippen molar-refractivity contribution in [2.24, 2.45) is 5.92 Å². The Morgan fingerprint density at radius 2 is 1.82 bits per heavy atom. The van der Waals surface area contributed by atoms with Crippen molar-refractivity contribution in [3.8, 4) is 0 Å². The first-order chi connectivity index (χ1) is 16.5. The molecule has 1 aliphatic carbocycles. The summed E-state index contributed by atoms with van der Waals surface area (Å²) in [5.41, 5.74) is 0.675. The molecule has 1 aromatic heterocycles. The second-order valence-corrected chi connectivity index (χ2v) is 11.6. The van der Waals surface area contributed by atoms with Gasteiger partial charge in [0.15, 0.2) is 0 Å². The summed E-state index contributed by atoms with van der Waals surface area (Å²) >= 11 is 13.8. The van der Waals surface area contributed by atoms with Crippen molar-refractivity contribution in [1.29, 1.82) is 0 Å². The predicted octanol–water partition coefficient (Wildman–Crippen LogP) is 5.65. The molecule has 0 bridgehead atoms. The topological polar surface area (TPSA) is 51.7 Å². The van der Waals surface area contributed by atoms with Crippen molar-refractivity contribution >= 4 is 46.3 Å². The molecule has 6 nitrogen and oxygen atoms in total. The minimum atomic E-state index is -0.0709. The lowest BCUT2D eigenvalue weighted by molar-refractivity contribution is 0.128. The molecule has 1 aromatic carbocycles. The minimum absolute atomic E-state index is 0.0709. The van der Waals surface area contributed by atoms with Crippen molar-refractivity contribution in [3.05, 3.63) is 44.8 Å². The average molecular weight is 523 g/mol. The molecule has 1 N–H and O–H groups in total. The van der Waals surface area contributed by atoms with Gasteiger partial charge in [-0.1, -0.05) is 23.2 Å². The summed E-state index contributed by atoms with van der Waals surface area (Å²) < 4.78 is 0. The number of thiazole rings is 1. The van der Waals surface area contributed by atoms with Gasteiger partial charge in [-0.25, -0.2) is 9.78 Å². The number of carbonyl (C=O) groups excluding carboxylic acids is 1. The summed E-state index contributed by atoms with van der Waals surface area (Å²) in [4.78, 5) is 24.4. The Labute approximate surface area is 216 Å². The number of amides is 2. The Balaban J connectivity index is 1.02. The van der Waals surface area contributed by atoms with Gasteiger partial charge in [-0.2, -0.15) is 0 Å². The summed E-state index contributed by atoms with van der Waals surface area (Å²) in [7, 11) is 0. The second-order valence-electron chi connectivity index (χ2n) is 9.87. The van der Waals surface area contributed by atoms with Crippen LogP contribution >= 0.6 is 34.5 Å². The molecule has 2 amide bonds. The first-order valence-corrected chi connectivity index (χ1v) is 14.1. The minimum Gasteiger partial charge on any atom is -0.322 e. The van der Waals surface area contributed by atoms with Crippen LogP contribution in [-0.2, 0) is 0 Å². The third-order valence-corrected chi connectivity index (χ3v) is 9.35. The first-order valence-electron chi connectivity index (χ1n) is 12.4. The van der Waals surface area contributed by atoms with Crippen molar-refractivity contribution < 1.29 is 4.79 Å². The lowest BCUT2D eigenvalue weighted by Gasteiger charge is -2.36. The molecule has 2 aliphatic heterocycles. The maximum atomic E-state index is 12.6. The monoisotopic (exact) mass is 521 g/mol. The number of nitrogens with zero attached hydrogens (tertiary/aromatic N) is 4. The lowest BCUT2D eigenvalue weighted by atomic mass is 9.86. The van der Waals surface area contributed by atoms with Crippen LogP contribution in [0, 0.1) is 5.92 Å². The van der Waals surface area contributed by atoms with Gasteiger partial charge in [-0.15, -0.1) is 11.3 Å². The third-order valence-electron chi connectivity index (χ3n) is 7.68. The number of likely N-dealkylation sites (tertiary alicyclic amines) is 1. The molecule has 0 radical (unpaired) electrons. The highest BCUT2D eigenvalue weighted by Crippen LogP contribution is 2.37. The molecule has 2 saturated heterocycles. The van der Waals surface area contributed by atoms with E-state index in [0.717, 1.165) is 44.7 Å². The fourth-order valence-corrected chi connectivity index (χ4v) is 6.85. The summed E-state index contributed by atoms with van der Waals surface area (Å²) in [6.07, 6.45) is 8.42. The SMILES string of the molecule is O=C(Nc1ccc(Cl)c(Cl)c1)N1CCN(CC2CCN(C3CCC(c4nccs4)CC3)C2)CC1. The molecule has 2 aromatic rings. The van der Waals surface area contributed by atoms with Gasteiger partial charge in [0.25, 0.3) is 0 Å². The second kappa shape index (κ2) is 11.1. The van der Waals surface area contributed by atoms with Gasteiger partial charge < -0.3 is 15.1 Å². The van der Waals surface area contributed by atoms with Crippen LogP contribution in [0.15, 0.2) is 29.8 Å². The van der Waals surface area contributed by atoms with E-state index in [2.05, 4.69) is 25.5 Å². The van der Waals surface area contributed by atoms with Gasteiger partial charge in [0.2, 0.25) is 0 Å². The molecule has 3 fully saturated rings. The average Bonchev–Trinajstić information content (AvgIpc) is 3.55. The Kier molecular flexibility index (Phi) is 7.96. The molecule has 1 unspecified atom stereocenters. The van der Waals surface area contributed by atoms with Crippen LogP contribution in [0.5, 0.6) is 0 Å². The van der Waals surface area contributed by atoms with Gasteiger partial charge in [0.1, 0.15) is 0 Å². The Morgan fingerprint density at radius 3 is 2.53 bits per heavy atom. The Hall–Kier alpha value is -1.38. The van der Waals surface area contributed by atoms with Crippen LogP contribution in [-0.4, -0.2) is 77.6 Å². The maximum Gasteiger partial charge on any atom is 0.321 e. The van der Waals surface area contributed by atoms with Crippen molar-refractivity contribution in [2.45, 2.75) is 44.1 Å². The number of hydrogen-bond donors (Lipinski definition) is 1. The van der Waals surface area contributed by atoms with Crippen LogP contribution in [0.25, 0.3) is 0 Å². The molecule has 0 spiro atoms. The lowest BCUT2D eigenvalue weighted by Crippen LogP contribution is -2.51. The number of hydrogen-bond acceptors (Lipinski definition) is 5. The highest BCUT2D eigenvalue weighted by molar-refractivity contribution is 7.09. The van der Waals surface area contributed by atoms with Crippen LogP contribution < -0.4 is 5.32 Å². The van der Waals surface area contributed by atoms with Gasteiger partial charge in [0, 0.05) is 68.5 Å². The zero-order chi connectivity index (χ0) is 23.5. The molecule has 9 heteroatoms. The fourth-order valence-electron chi connectivity index (χ4n) is 5.74. The van der Waals surface area contributed by atoms with Crippen LogP contribution in [0.3, 0.4) is 0 Å². The number of anilines is 1. The Bertz CT molecular complexity index is 958. The summed E-state index contributed by atoms with van der Waals surface area (Å²) in [6, 6.07) is 5.85. The highest BCUT2D eigenvalue weighted by atomic mass is 35.5. The van der Waals surface area contributed by atoms with E-state index in [0.29, 0.717) is 21.7 Å².